The van der Waals surface area contributed by atoms with Crippen molar-refractivity contribution in [2.24, 2.45) is 0 Å². The maximum absolute atomic E-state index is 14.3. The van der Waals surface area contributed by atoms with E-state index in [1.165, 1.54) is 35.0 Å². The van der Waals surface area contributed by atoms with Crippen molar-refractivity contribution in [2.45, 2.75) is 19.6 Å². The fourth-order valence-corrected chi connectivity index (χ4v) is 4.86. The van der Waals surface area contributed by atoms with Crippen molar-refractivity contribution in [1.29, 1.82) is 0 Å². The third kappa shape index (κ3) is 5.38. The van der Waals surface area contributed by atoms with Gasteiger partial charge in [0.2, 0.25) is 0 Å². The third-order valence-corrected chi connectivity index (χ3v) is 6.30. The van der Waals surface area contributed by atoms with Crippen molar-refractivity contribution < 1.29 is 31.1 Å². The molecule has 0 spiro atoms. The number of halogens is 3. The Morgan fingerprint density at radius 1 is 1.11 bits per heavy atom. The average Bonchev–Trinajstić information content (AvgIpc) is 3.13. The molecule has 1 N–H and O–H groups in total. The molecule has 12 heteroatoms. The second-order valence-corrected chi connectivity index (χ2v) is 10.2. The summed E-state index contributed by atoms with van der Waals surface area (Å²) in [5.74, 6) is -1.22. The lowest BCUT2D eigenvalue weighted by Crippen LogP contribution is -2.28. The van der Waals surface area contributed by atoms with Crippen LogP contribution in [0.2, 0.25) is 0 Å². The Hall–Kier alpha value is -3.80. The van der Waals surface area contributed by atoms with Gasteiger partial charge in [-0.15, -0.1) is 0 Å². The maximum Gasteiger partial charge on any atom is 0.387 e. The maximum atomic E-state index is 14.3. The molecule has 2 aromatic heterocycles. The van der Waals surface area contributed by atoms with Gasteiger partial charge in [0.15, 0.2) is 17.1 Å². The highest BCUT2D eigenvalue weighted by atomic mass is 32.2. The summed E-state index contributed by atoms with van der Waals surface area (Å²) in [6.07, 6.45) is 2.40. The van der Waals surface area contributed by atoms with E-state index in [-0.39, 0.29) is 34.8 Å². The molecule has 2 heterocycles. The number of ether oxygens (including phenoxy) is 2. The zero-order valence-electron chi connectivity index (χ0n) is 19.2. The van der Waals surface area contributed by atoms with Gasteiger partial charge in [-0.3, -0.25) is 4.57 Å². The minimum atomic E-state index is -3.64. The molecule has 36 heavy (non-hydrogen) atoms. The lowest BCUT2D eigenvalue weighted by Gasteiger charge is -2.20. The summed E-state index contributed by atoms with van der Waals surface area (Å²) in [6.45, 7) is -1.31. The Labute approximate surface area is 204 Å². The number of hydrogen-bond donors (Lipinski definition) is 1. The highest BCUT2D eigenvalue weighted by molar-refractivity contribution is 7.90. The van der Waals surface area contributed by atoms with Gasteiger partial charge in [0, 0.05) is 23.6 Å². The van der Waals surface area contributed by atoms with Crippen LogP contribution in [0.1, 0.15) is 18.5 Å². The molecule has 1 unspecified atom stereocenters. The molecule has 0 radical (unpaired) electrons. The smallest absolute Gasteiger partial charge is 0.387 e. The summed E-state index contributed by atoms with van der Waals surface area (Å²) in [7, 11) is -3.64. The first-order chi connectivity index (χ1) is 17.1. The highest BCUT2D eigenvalue weighted by Gasteiger charge is 2.26. The second kappa shape index (κ2) is 10.1. The average molecular weight is 522 g/mol. The molecule has 0 bridgehead atoms. The van der Waals surface area contributed by atoms with E-state index >= 15 is 0 Å². The first kappa shape index (κ1) is 25.3. The normalized spacial score (nSPS) is 12.7. The fourth-order valence-electron chi connectivity index (χ4n) is 3.95. The SMILES string of the molecule is CCOc1cc(C(CS(C)(=O)=O)n2c(=O)[nH]c3cc(-c4ccccc4F)cnc32)ccc1OC(F)F. The van der Waals surface area contributed by atoms with Crippen LogP contribution < -0.4 is 15.2 Å². The minimum absolute atomic E-state index is 0.0310. The van der Waals surface area contributed by atoms with Crippen LogP contribution in [0.25, 0.3) is 22.3 Å². The van der Waals surface area contributed by atoms with E-state index in [1.807, 2.05) is 0 Å². The van der Waals surface area contributed by atoms with Crippen molar-refractivity contribution in [3.8, 4) is 22.6 Å². The lowest BCUT2D eigenvalue weighted by molar-refractivity contribution is -0.0514. The van der Waals surface area contributed by atoms with Crippen LogP contribution in [0.5, 0.6) is 11.5 Å². The van der Waals surface area contributed by atoms with Gasteiger partial charge in [0.1, 0.15) is 15.7 Å². The number of benzene rings is 2. The van der Waals surface area contributed by atoms with Crippen molar-refractivity contribution in [3.05, 3.63) is 76.6 Å². The zero-order chi connectivity index (χ0) is 26.0. The molecule has 0 fully saturated rings. The van der Waals surface area contributed by atoms with Gasteiger partial charge in [-0.1, -0.05) is 24.3 Å². The Morgan fingerprint density at radius 2 is 1.86 bits per heavy atom. The Kier molecular flexibility index (Phi) is 7.07. The molecule has 190 valence electrons. The number of aromatic amines is 1. The largest absolute Gasteiger partial charge is 0.490 e. The zero-order valence-corrected chi connectivity index (χ0v) is 20.1. The van der Waals surface area contributed by atoms with Crippen LogP contribution in [0.4, 0.5) is 13.2 Å². The standard InChI is InChI=1S/C24H22F3N3O5S/c1-3-34-21-11-14(8-9-20(21)35-23(26)27)19(13-36(2,32)33)30-22-18(29-24(30)31)10-15(12-28-22)16-6-4-5-7-17(16)25/h4-12,19,23H,3,13H2,1-2H3,(H,29,31). The van der Waals surface area contributed by atoms with Crippen molar-refractivity contribution in [1.82, 2.24) is 14.5 Å². The van der Waals surface area contributed by atoms with Gasteiger partial charge >= 0.3 is 12.3 Å². The quantitative estimate of drug-likeness (QED) is 0.355. The number of pyridine rings is 1. The number of hydrogen-bond acceptors (Lipinski definition) is 6. The molecular formula is C24H22F3N3O5S. The van der Waals surface area contributed by atoms with Crippen LogP contribution in [0.15, 0.2) is 59.5 Å². The molecule has 4 rings (SSSR count). The van der Waals surface area contributed by atoms with E-state index in [2.05, 4.69) is 14.7 Å². The molecule has 0 aliphatic carbocycles. The molecule has 0 aliphatic rings. The second-order valence-electron chi connectivity index (χ2n) is 8.00. The number of fused-ring (bicyclic) bond motifs is 1. The van der Waals surface area contributed by atoms with E-state index in [9.17, 15) is 26.4 Å². The van der Waals surface area contributed by atoms with Gasteiger partial charge in [-0.25, -0.2) is 22.6 Å². The molecule has 2 aromatic carbocycles. The number of sulfone groups is 1. The van der Waals surface area contributed by atoms with Crippen molar-refractivity contribution in [3.63, 3.8) is 0 Å². The van der Waals surface area contributed by atoms with Crippen LogP contribution in [0.3, 0.4) is 0 Å². The summed E-state index contributed by atoms with van der Waals surface area (Å²) in [5, 5.41) is 0. The number of H-pyrrole nitrogens is 1. The van der Waals surface area contributed by atoms with Crippen LogP contribution in [0, 0.1) is 5.82 Å². The first-order valence-electron chi connectivity index (χ1n) is 10.8. The molecule has 8 nitrogen and oxygen atoms in total. The molecule has 0 aliphatic heterocycles. The summed E-state index contributed by atoms with van der Waals surface area (Å²) in [4.78, 5) is 20.0. The lowest BCUT2D eigenvalue weighted by atomic mass is 10.1. The Bertz CT molecular complexity index is 1570. The summed E-state index contributed by atoms with van der Waals surface area (Å²) >= 11 is 0. The van der Waals surface area contributed by atoms with Crippen molar-refractivity contribution >= 4 is 21.0 Å². The Balaban J connectivity index is 1.87. The fraction of sp³-hybridized carbons (Fsp3) is 0.250. The topological polar surface area (TPSA) is 103 Å². The molecule has 4 aromatic rings. The summed E-state index contributed by atoms with van der Waals surface area (Å²) in [5.41, 5.74) is 0.752. The molecule has 0 saturated carbocycles. The van der Waals surface area contributed by atoms with Gasteiger partial charge in [-0.05, 0) is 36.8 Å². The number of alkyl halides is 2. The number of aromatic nitrogens is 3. The van der Waals surface area contributed by atoms with Crippen LogP contribution in [-0.2, 0) is 9.84 Å². The van der Waals surface area contributed by atoms with Gasteiger partial charge in [0.05, 0.1) is 23.9 Å². The number of rotatable bonds is 9. The van der Waals surface area contributed by atoms with Crippen molar-refractivity contribution in [2.75, 3.05) is 18.6 Å². The number of imidazole rings is 1. The monoisotopic (exact) mass is 521 g/mol. The third-order valence-electron chi connectivity index (χ3n) is 5.38. The first-order valence-corrected chi connectivity index (χ1v) is 12.9. The Morgan fingerprint density at radius 3 is 2.53 bits per heavy atom. The summed E-state index contributed by atoms with van der Waals surface area (Å²) in [6, 6.07) is 10.5. The highest BCUT2D eigenvalue weighted by Crippen LogP contribution is 2.34. The predicted molar refractivity (Wildman–Crippen MR) is 128 cm³/mol. The molecule has 1 atom stereocenters. The van der Waals surface area contributed by atoms with E-state index in [4.69, 9.17) is 4.74 Å². The molecule has 0 saturated heterocycles. The van der Waals surface area contributed by atoms with E-state index in [0.29, 0.717) is 11.1 Å². The van der Waals surface area contributed by atoms with Gasteiger partial charge in [-0.2, -0.15) is 8.78 Å². The number of nitrogens with zero attached hydrogens (tertiary/aromatic N) is 2. The minimum Gasteiger partial charge on any atom is -0.490 e. The van der Waals surface area contributed by atoms with E-state index < -0.39 is 39.8 Å². The van der Waals surface area contributed by atoms with E-state index in [0.717, 1.165) is 6.26 Å². The van der Waals surface area contributed by atoms with Crippen LogP contribution >= 0.6 is 0 Å². The van der Waals surface area contributed by atoms with Gasteiger partial charge in [0.25, 0.3) is 0 Å². The predicted octanol–water partition coefficient (Wildman–Crippen LogP) is 4.16. The van der Waals surface area contributed by atoms with Gasteiger partial charge < -0.3 is 14.5 Å². The summed E-state index contributed by atoms with van der Waals surface area (Å²) < 4.78 is 75.6. The van der Waals surface area contributed by atoms with Crippen LogP contribution in [-0.4, -0.2) is 48.2 Å². The number of nitrogens with one attached hydrogen (secondary N) is 1. The molecular weight excluding hydrogens is 499 g/mol. The van der Waals surface area contributed by atoms with E-state index in [1.54, 1.807) is 31.2 Å². The molecule has 0 amide bonds.